The van der Waals surface area contributed by atoms with Gasteiger partial charge in [0.2, 0.25) is 0 Å². The summed E-state index contributed by atoms with van der Waals surface area (Å²) in [7, 11) is 0. The van der Waals surface area contributed by atoms with Crippen LogP contribution in [0.1, 0.15) is 52.9 Å². The van der Waals surface area contributed by atoms with Gasteiger partial charge in [0.25, 0.3) is 0 Å². The first-order valence-electron chi connectivity index (χ1n) is 5.25. The van der Waals surface area contributed by atoms with Gasteiger partial charge in [-0.2, -0.15) is 0 Å². The summed E-state index contributed by atoms with van der Waals surface area (Å²) in [6, 6.07) is 0. The van der Waals surface area contributed by atoms with Crippen molar-refractivity contribution in [3.63, 3.8) is 0 Å². The molecule has 0 heterocycles. The lowest BCUT2D eigenvalue weighted by Gasteiger charge is -1.97. The lowest BCUT2D eigenvalue weighted by atomic mass is 10.2. The molecule has 0 aromatic heterocycles. The smallest absolute Gasteiger partial charge is 0.0408 e. The second-order valence-electron chi connectivity index (χ2n) is 3.79. The molecule has 0 saturated carbocycles. The maximum absolute atomic E-state index is 4.34. The van der Waals surface area contributed by atoms with Crippen LogP contribution in [0.15, 0.2) is 4.99 Å². The van der Waals surface area contributed by atoms with Crippen LogP contribution in [0.5, 0.6) is 0 Å². The van der Waals surface area contributed by atoms with E-state index in [1.54, 1.807) is 0 Å². The van der Waals surface area contributed by atoms with E-state index in [9.17, 15) is 0 Å². The maximum Gasteiger partial charge on any atom is 0.0408 e. The highest BCUT2D eigenvalue weighted by Crippen LogP contribution is 2.00. The molecule has 0 unspecified atom stereocenters. The lowest BCUT2D eigenvalue weighted by Crippen LogP contribution is -1.92. The van der Waals surface area contributed by atoms with E-state index in [0.29, 0.717) is 5.92 Å². The zero-order valence-electron chi connectivity index (χ0n) is 8.84. The summed E-state index contributed by atoms with van der Waals surface area (Å²) in [6.45, 7) is 7.64. The van der Waals surface area contributed by atoms with Crippen molar-refractivity contribution < 1.29 is 0 Å². The third-order valence-corrected chi connectivity index (χ3v) is 1.79. The molecule has 0 saturated heterocycles. The number of hydrogen-bond donors (Lipinski definition) is 0. The van der Waals surface area contributed by atoms with Crippen LogP contribution in [0, 0.1) is 5.92 Å². The lowest BCUT2D eigenvalue weighted by molar-refractivity contribution is 0.660. The Bertz CT molecular complexity index is 106. The molecule has 12 heavy (non-hydrogen) atoms. The second-order valence-corrected chi connectivity index (χ2v) is 3.79. The highest BCUT2D eigenvalue weighted by Gasteiger charge is 1.88. The largest absolute Gasteiger partial charge is 0.297 e. The topological polar surface area (TPSA) is 12.4 Å². The number of nitrogens with zero attached hydrogens (tertiary/aromatic N) is 1. The molecule has 0 aliphatic carbocycles. The SMILES string of the molecule is CCCCCCC=NCC(C)C. The highest BCUT2D eigenvalue weighted by molar-refractivity contribution is 5.56. The zero-order chi connectivity index (χ0) is 9.23. The van der Waals surface area contributed by atoms with Crippen LogP contribution in [0.25, 0.3) is 0 Å². The average molecular weight is 169 g/mol. The maximum atomic E-state index is 4.34. The zero-order valence-corrected chi connectivity index (χ0v) is 8.84. The van der Waals surface area contributed by atoms with Crippen LogP contribution in [0.2, 0.25) is 0 Å². The first-order valence-corrected chi connectivity index (χ1v) is 5.25. The van der Waals surface area contributed by atoms with E-state index < -0.39 is 0 Å². The van der Waals surface area contributed by atoms with Gasteiger partial charge in [-0.25, -0.2) is 0 Å². The van der Waals surface area contributed by atoms with Gasteiger partial charge >= 0.3 is 0 Å². The summed E-state index contributed by atoms with van der Waals surface area (Å²) in [4.78, 5) is 4.34. The van der Waals surface area contributed by atoms with Gasteiger partial charge in [0.1, 0.15) is 0 Å². The van der Waals surface area contributed by atoms with Crippen molar-refractivity contribution in [1.82, 2.24) is 0 Å². The van der Waals surface area contributed by atoms with E-state index in [4.69, 9.17) is 0 Å². The van der Waals surface area contributed by atoms with Crippen molar-refractivity contribution in [3.8, 4) is 0 Å². The molecule has 1 nitrogen and oxygen atoms in total. The molecule has 0 aliphatic heterocycles. The third-order valence-electron chi connectivity index (χ3n) is 1.79. The normalized spacial score (nSPS) is 11.7. The van der Waals surface area contributed by atoms with Crippen molar-refractivity contribution in [3.05, 3.63) is 0 Å². The van der Waals surface area contributed by atoms with Crippen molar-refractivity contribution in [2.75, 3.05) is 6.54 Å². The molecule has 0 spiro atoms. The molecule has 0 bridgehead atoms. The fourth-order valence-corrected chi connectivity index (χ4v) is 1.04. The molecule has 0 N–H and O–H groups in total. The van der Waals surface area contributed by atoms with Crippen LogP contribution in [0.4, 0.5) is 0 Å². The quantitative estimate of drug-likeness (QED) is 0.407. The number of hydrogen-bond acceptors (Lipinski definition) is 1. The van der Waals surface area contributed by atoms with Gasteiger partial charge in [-0.15, -0.1) is 0 Å². The van der Waals surface area contributed by atoms with Gasteiger partial charge in [-0.1, -0.05) is 40.0 Å². The van der Waals surface area contributed by atoms with Crippen molar-refractivity contribution in [1.29, 1.82) is 0 Å². The fraction of sp³-hybridized carbons (Fsp3) is 0.909. The molecule has 0 aliphatic rings. The van der Waals surface area contributed by atoms with Crippen molar-refractivity contribution in [2.45, 2.75) is 52.9 Å². The van der Waals surface area contributed by atoms with E-state index in [1.165, 1.54) is 32.1 Å². The van der Waals surface area contributed by atoms with Crippen LogP contribution >= 0.6 is 0 Å². The van der Waals surface area contributed by atoms with Crippen LogP contribution in [-0.2, 0) is 0 Å². The second kappa shape index (κ2) is 8.76. The van der Waals surface area contributed by atoms with Gasteiger partial charge in [0.05, 0.1) is 0 Å². The number of aliphatic imine (C=N–C) groups is 1. The standard InChI is InChI=1S/C11H23N/c1-4-5-6-7-8-9-12-10-11(2)3/h9,11H,4-8,10H2,1-3H3. The van der Waals surface area contributed by atoms with Gasteiger partial charge < -0.3 is 0 Å². The molecule has 72 valence electrons. The van der Waals surface area contributed by atoms with Gasteiger partial charge in [-0.3, -0.25) is 4.99 Å². The summed E-state index contributed by atoms with van der Waals surface area (Å²) in [5, 5.41) is 0. The van der Waals surface area contributed by atoms with Gasteiger partial charge in [-0.05, 0) is 25.0 Å². The molecular formula is C11H23N. The van der Waals surface area contributed by atoms with E-state index in [-0.39, 0.29) is 0 Å². The van der Waals surface area contributed by atoms with E-state index in [2.05, 4.69) is 32.0 Å². The number of unbranched alkanes of at least 4 members (excludes halogenated alkanes) is 4. The van der Waals surface area contributed by atoms with Crippen LogP contribution < -0.4 is 0 Å². The summed E-state index contributed by atoms with van der Waals surface area (Å²) >= 11 is 0. The third kappa shape index (κ3) is 9.67. The Balaban J connectivity index is 3.03. The molecule has 0 aromatic rings. The Hall–Kier alpha value is -0.330. The first-order chi connectivity index (χ1) is 5.77. The summed E-state index contributed by atoms with van der Waals surface area (Å²) in [5.74, 6) is 0.705. The molecule has 0 rings (SSSR count). The first kappa shape index (κ1) is 11.7. The summed E-state index contributed by atoms with van der Waals surface area (Å²) < 4.78 is 0. The molecule has 0 radical (unpaired) electrons. The highest BCUT2D eigenvalue weighted by atomic mass is 14.7. The predicted octanol–water partition coefficient (Wildman–Crippen LogP) is 3.68. The monoisotopic (exact) mass is 169 g/mol. The molecular weight excluding hydrogens is 146 g/mol. The van der Waals surface area contributed by atoms with E-state index in [0.717, 1.165) is 6.54 Å². The average Bonchev–Trinajstić information content (AvgIpc) is 2.02. The van der Waals surface area contributed by atoms with Crippen LogP contribution in [-0.4, -0.2) is 12.8 Å². The summed E-state index contributed by atoms with van der Waals surface area (Å²) in [6.07, 6.45) is 8.64. The Morgan fingerprint density at radius 1 is 1.17 bits per heavy atom. The minimum absolute atomic E-state index is 0.705. The Morgan fingerprint density at radius 2 is 1.92 bits per heavy atom. The van der Waals surface area contributed by atoms with Gasteiger partial charge in [0.15, 0.2) is 0 Å². The minimum Gasteiger partial charge on any atom is -0.297 e. The Kier molecular flexibility index (Phi) is 8.52. The minimum atomic E-state index is 0.705. The Morgan fingerprint density at radius 3 is 2.50 bits per heavy atom. The molecule has 0 aromatic carbocycles. The molecule has 0 atom stereocenters. The predicted molar refractivity (Wildman–Crippen MR) is 57.0 cm³/mol. The molecule has 0 fully saturated rings. The summed E-state index contributed by atoms with van der Waals surface area (Å²) in [5.41, 5.74) is 0. The van der Waals surface area contributed by atoms with Crippen molar-refractivity contribution >= 4 is 6.21 Å². The molecule has 1 heteroatoms. The van der Waals surface area contributed by atoms with E-state index >= 15 is 0 Å². The molecule has 0 amide bonds. The van der Waals surface area contributed by atoms with E-state index in [1.807, 2.05) is 0 Å². The van der Waals surface area contributed by atoms with Crippen LogP contribution in [0.3, 0.4) is 0 Å². The van der Waals surface area contributed by atoms with Gasteiger partial charge in [0, 0.05) is 6.54 Å². The Labute approximate surface area is 77.3 Å². The fourth-order valence-electron chi connectivity index (χ4n) is 1.04. The van der Waals surface area contributed by atoms with Crippen molar-refractivity contribution in [2.24, 2.45) is 10.9 Å². The number of rotatable bonds is 7.